The number of non-ortho nitro benzene ring substituents is 1. The summed E-state index contributed by atoms with van der Waals surface area (Å²) >= 11 is 0. The molecule has 0 aromatic heterocycles. The van der Waals surface area contributed by atoms with Gasteiger partial charge in [0.1, 0.15) is 11.5 Å². The van der Waals surface area contributed by atoms with Crippen LogP contribution in [0, 0.1) is 10.1 Å². The van der Waals surface area contributed by atoms with Crippen molar-refractivity contribution in [1.82, 2.24) is 10.9 Å². The van der Waals surface area contributed by atoms with E-state index in [9.17, 15) is 29.9 Å². The van der Waals surface area contributed by atoms with E-state index in [2.05, 4.69) is 21.1 Å². The first-order valence-electron chi connectivity index (χ1n) is 9.37. The van der Waals surface area contributed by atoms with Gasteiger partial charge in [-0.25, -0.2) is 10.9 Å². The average molecular weight is 447 g/mol. The van der Waals surface area contributed by atoms with Crippen LogP contribution in [0.4, 0.5) is 5.69 Å². The maximum atomic E-state index is 12.4. The van der Waals surface area contributed by atoms with Crippen molar-refractivity contribution in [3.8, 4) is 11.5 Å². The smallest absolute Gasteiger partial charge is 0.271 e. The molecular weight excluding hydrogens is 430 g/mol. The second kappa shape index (κ2) is 10.3. The molecule has 0 saturated carbocycles. The number of phenolic OH excluding ortho intramolecular Hbond substituents is 2. The molecule has 0 atom stereocenters. The summed E-state index contributed by atoms with van der Waals surface area (Å²) in [6.45, 7) is 0. The minimum atomic E-state index is -0.808. The lowest BCUT2D eigenvalue weighted by atomic mass is 10.1. The van der Waals surface area contributed by atoms with Crippen LogP contribution < -0.4 is 10.9 Å². The van der Waals surface area contributed by atoms with E-state index in [-0.39, 0.29) is 22.6 Å². The normalized spacial score (nSPS) is 10.9. The number of nitrogens with one attached hydrogen (secondary N) is 2. The molecule has 0 heterocycles. The van der Waals surface area contributed by atoms with Crippen molar-refractivity contribution in [3.63, 3.8) is 0 Å². The Labute approximate surface area is 186 Å². The summed E-state index contributed by atoms with van der Waals surface area (Å²) in [7, 11) is 0. The molecule has 0 fully saturated rings. The van der Waals surface area contributed by atoms with Crippen molar-refractivity contribution in [2.75, 3.05) is 0 Å². The Morgan fingerprint density at radius 1 is 0.788 bits per heavy atom. The summed E-state index contributed by atoms with van der Waals surface area (Å²) < 4.78 is 0. The fraction of sp³-hybridized carbons (Fsp3) is 0. The number of rotatable bonds is 7. The summed E-state index contributed by atoms with van der Waals surface area (Å²) in [5, 5.41) is 38.1. The number of hydrogen-bond acceptors (Lipinski definition) is 8. The van der Waals surface area contributed by atoms with Gasteiger partial charge in [-0.1, -0.05) is 24.3 Å². The van der Waals surface area contributed by atoms with Gasteiger partial charge >= 0.3 is 0 Å². The van der Waals surface area contributed by atoms with Gasteiger partial charge in [0.15, 0.2) is 0 Å². The van der Waals surface area contributed by atoms with Crippen LogP contribution in [0.5, 0.6) is 11.5 Å². The minimum Gasteiger partial charge on any atom is -0.507 e. The van der Waals surface area contributed by atoms with E-state index in [1.807, 2.05) is 0 Å². The molecule has 0 aliphatic carbocycles. The molecule has 3 aromatic carbocycles. The lowest BCUT2D eigenvalue weighted by Crippen LogP contribution is -2.21. The fourth-order valence-electron chi connectivity index (χ4n) is 2.62. The number of aromatic hydroxyl groups is 2. The Bertz CT molecular complexity index is 1180. The number of nitrogens with zero attached hydrogens (tertiary/aromatic N) is 3. The quantitative estimate of drug-likeness (QED) is 0.247. The number of phenols is 2. The molecule has 0 spiro atoms. The highest BCUT2D eigenvalue weighted by atomic mass is 16.6. The highest BCUT2D eigenvalue weighted by Crippen LogP contribution is 2.18. The van der Waals surface area contributed by atoms with E-state index < -0.39 is 22.4 Å². The second-order valence-electron chi connectivity index (χ2n) is 6.54. The lowest BCUT2D eigenvalue weighted by molar-refractivity contribution is -0.384. The summed E-state index contributed by atoms with van der Waals surface area (Å²) in [5.74, 6) is -1.71. The van der Waals surface area contributed by atoms with Crippen LogP contribution in [-0.4, -0.2) is 39.4 Å². The predicted octanol–water partition coefficient (Wildman–Crippen LogP) is 2.53. The first-order valence-corrected chi connectivity index (χ1v) is 9.37. The molecule has 0 aliphatic heterocycles. The van der Waals surface area contributed by atoms with Gasteiger partial charge < -0.3 is 10.2 Å². The highest BCUT2D eigenvalue weighted by molar-refractivity contribution is 6.01. The zero-order valence-corrected chi connectivity index (χ0v) is 16.9. The van der Waals surface area contributed by atoms with E-state index in [0.29, 0.717) is 11.1 Å². The van der Waals surface area contributed by atoms with Gasteiger partial charge in [-0.2, -0.15) is 10.2 Å². The van der Waals surface area contributed by atoms with Gasteiger partial charge in [0.25, 0.3) is 17.5 Å². The molecule has 33 heavy (non-hydrogen) atoms. The number of carbonyl (C=O) groups is 2. The van der Waals surface area contributed by atoms with E-state index >= 15 is 0 Å². The van der Waals surface area contributed by atoms with Crippen molar-refractivity contribution in [1.29, 1.82) is 0 Å². The molecule has 0 radical (unpaired) electrons. The van der Waals surface area contributed by atoms with Crippen molar-refractivity contribution >= 4 is 29.9 Å². The first-order chi connectivity index (χ1) is 15.8. The standard InChI is InChI=1S/C22H17N5O6/c28-19-7-3-1-5-14(19)12-23-25-21(30)16-9-17(11-18(10-16)27(32)33)22(31)26-24-13-15-6-2-4-8-20(15)29/h1-13,28-29H,(H,25,30)(H,26,31)/b23-12-,24-13-. The van der Waals surface area contributed by atoms with Crippen LogP contribution in [0.15, 0.2) is 76.9 Å². The Hall–Kier alpha value is -5.06. The zero-order chi connectivity index (χ0) is 23.8. The molecule has 0 unspecified atom stereocenters. The van der Waals surface area contributed by atoms with E-state index in [1.165, 1.54) is 24.6 Å². The molecular formula is C22H17N5O6. The van der Waals surface area contributed by atoms with Crippen molar-refractivity contribution in [2.24, 2.45) is 10.2 Å². The summed E-state index contributed by atoms with van der Waals surface area (Å²) in [6.07, 6.45) is 2.40. The molecule has 0 saturated heterocycles. The fourth-order valence-corrected chi connectivity index (χ4v) is 2.62. The number of benzene rings is 3. The highest BCUT2D eigenvalue weighted by Gasteiger charge is 2.18. The third-order valence-electron chi connectivity index (χ3n) is 4.27. The molecule has 2 amide bonds. The number of para-hydroxylation sites is 2. The maximum absolute atomic E-state index is 12.4. The van der Waals surface area contributed by atoms with Crippen LogP contribution in [0.1, 0.15) is 31.8 Å². The molecule has 166 valence electrons. The minimum absolute atomic E-state index is 0.0471. The molecule has 4 N–H and O–H groups in total. The molecule has 3 rings (SSSR count). The van der Waals surface area contributed by atoms with Gasteiger partial charge in [0.05, 0.1) is 17.4 Å². The summed E-state index contributed by atoms with van der Waals surface area (Å²) in [6, 6.07) is 15.7. The van der Waals surface area contributed by atoms with E-state index in [0.717, 1.165) is 18.2 Å². The Balaban J connectivity index is 1.76. The largest absolute Gasteiger partial charge is 0.507 e. The molecule has 0 aliphatic rings. The number of nitro groups is 1. The van der Waals surface area contributed by atoms with Gasteiger partial charge in [-0.15, -0.1) is 0 Å². The third-order valence-corrected chi connectivity index (χ3v) is 4.27. The summed E-state index contributed by atoms with van der Waals surface area (Å²) in [5.41, 5.74) is 4.21. The number of nitro benzene ring substituents is 1. The number of carbonyl (C=O) groups excluding carboxylic acids is 2. The third kappa shape index (κ3) is 5.98. The van der Waals surface area contributed by atoms with Crippen molar-refractivity contribution in [2.45, 2.75) is 0 Å². The van der Waals surface area contributed by atoms with Crippen LogP contribution in [0.2, 0.25) is 0 Å². The van der Waals surface area contributed by atoms with Gasteiger partial charge in [-0.3, -0.25) is 19.7 Å². The average Bonchev–Trinajstić information content (AvgIpc) is 2.81. The van der Waals surface area contributed by atoms with Crippen molar-refractivity contribution < 1.29 is 24.7 Å². The predicted molar refractivity (Wildman–Crippen MR) is 119 cm³/mol. The number of hydrazone groups is 2. The van der Waals surface area contributed by atoms with Crippen LogP contribution in [0.25, 0.3) is 0 Å². The van der Waals surface area contributed by atoms with Crippen LogP contribution >= 0.6 is 0 Å². The Morgan fingerprint density at radius 3 is 1.61 bits per heavy atom. The van der Waals surface area contributed by atoms with Gasteiger partial charge in [0.2, 0.25) is 0 Å². The zero-order valence-electron chi connectivity index (χ0n) is 16.9. The van der Waals surface area contributed by atoms with E-state index in [4.69, 9.17) is 0 Å². The van der Waals surface area contributed by atoms with E-state index in [1.54, 1.807) is 36.4 Å². The summed E-state index contributed by atoms with van der Waals surface area (Å²) in [4.78, 5) is 35.3. The molecule has 11 heteroatoms. The number of amides is 2. The SMILES string of the molecule is O=C(N/N=C\c1ccccc1O)c1cc(C(=O)N/N=C\c2ccccc2O)cc([N+](=O)[O-])c1. The monoisotopic (exact) mass is 447 g/mol. The van der Waals surface area contributed by atoms with Crippen LogP contribution in [-0.2, 0) is 0 Å². The first kappa shape index (κ1) is 22.6. The lowest BCUT2D eigenvalue weighted by Gasteiger charge is -2.05. The molecule has 3 aromatic rings. The molecule has 11 nitrogen and oxygen atoms in total. The second-order valence-corrected chi connectivity index (χ2v) is 6.54. The topological polar surface area (TPSA) is 167 Å². The van der Waals surface area contributed by atoms with Gasteiger partial charge in [-0.05, 0) is 30.3 Å². The Kier molecular flexibility index (Phi) is 7.06. The van der Waals surface area contributed by atoms with Crippen LogP contribution in [0.3, 0.4) is 0 Å². The Morgan fingerprint density at radius 2 is 1.21 bits per heavy atom. The molecule has 0 bridgehead atoms. The number of hydrogen-bond donors (Lipinski definition) is 4. The van der Waals surface area contributed by atoms with Crippen molar-refractivity contribution in [3.05, 3.63) is 99.1 Å². The maximum Gasteiger partial charge on any atom is 0.271 e. The van der Waals surface area contributed by atoms with Gasteiger partial charge in [0, 0.05) is 34.4 Å².